The number of likely N-dealkylation sites (N-methyl/N-ethyl adjacent to an activating group) is 1. The molecule has 1 amide bonds. The fourth-order valence-electron chi connectivity index (χ4n) is 1.59. The molecule has 0 aliphatic rings. The quantitative estimate of drug-likeness (QED) is 0.516. The predicted octanol–water partition coefficient (Wildman–Crippen LogP) is -0.753. The molecule has 100 valence electrons. The van der Waals surface area contributed by atoms with Gasteiger partial charge in [-0.1, -0.05) is 0 Å². The third-order valence-corrected chi connectivity index (χ3v) is 2.46. The Labute approximate surface area is 106 Å². The van der Waals surface area contributed by atoms with Crippen molar-refractivity contribution in [2.24, 2.45) is 7.05 Å². The van der Waals surface area contributed by atoms with Gasteiger partial charge in [0.2, 0.25) is 0 Å². The zero-order chi connectivity index (χ0) is 13.7. The SMILES string of the molecule is CN(C)C[C@H](O)CNC(=O)C(=O)c1cccn1C. The largest absolute Gasteiger partial charge is 0.390 e. The molecule has 1 aromatic heterocycles. The van der Waals surface area contributed by atoms with Gasteiger partial charge in [-0.3, -0.25) is 9.59 Å². The van der Waals surface area contributed by atoms with Crippen molar-refractivity contribution in [3.63, 3.8) is 0 Å². The van der Waals surface area contributed by atoms with Crippen molar-refractivity contribution in [3.8, 4) is 0 Å². The van der Waals surface area contributed by atoms with Crippen molar-refractivity contribution in [2.75, 3.05) is 27.2 Å². The second-order valence-corrected chi connectivity index (χ2v) is 4.46. The predicted molar refractivity (Wildman–Crippen MR) is 67.3 cm³/mol. The zero-order valence-corrected chi connectivity index (χ0v) is 10.9. The van der Waals surface area contributed by atoms with E-state index in [1.807, 2.05) is 14.1 Å². The summed E-state index contributed by atoms with van der Waals surface area (Å²) < 4.78 is 1.58. The number of aryl methyl sites for hydroxylation is 1. The molecule has 6 nitrogen and oxygen atoms in total. The maximum atomic E-state index is 11.7. The molecule has 0 aliphatic carbocycles. The van der Waals surface area contributed by atoms with Crippen LogP contribution in [0.25, 0.3) is 0 Å². The Morgan fingerprint density at radius 3 is 2.67 bits per heavy atom. The van der Waals surface area contributed by atoms with Gasteiger partial charge < -0.3 is 19.9 Å². The van der Waals surface area contributed by atoms with E-state index in [1.165, 1.54) is 0 Å². The third kappa shape index (κ3) is 3.97. The minimum atomic E-state index is -0.699. The van der Waals surface area contributed by atoms with Gasteiger partial charge in [-0.05, 0) is 26.2 Å². The molecule has 0 aliphatic heterocycles. The van der Waals surface area contributed by atoms with E-state index in [4.69, 9.17) is 0 Å². The molecule has 0 radical (unpaired) electrons. The van der Waals surface area contributed by atoms with Gasteiger partial charge in [-0.15, -0.1) is 0 Å². The standard InChI is InChI=1S/C12H19N3O3/c1-14(2)8-9(16)7-13-12(18)11(17)10-5-4-6-15(10)3/h4-6,9,16H,7-8H2,1-3H3,(H,13,18)/t9-/m1/s1. The topological polar surface area (TPSA) is 74.6 Å². The highest BCUT2D eigenvalue weighted by Crippen LogP contribution is 2.00. The zero-order valence-electron chi connectivity index (χ0n) is 10.9. The summed E-state index contributed by atoms with van der Waals surface area (Å²) >= 11 is 0. The van der Waals surface area contributed by atoms with Crippen LogP contribution < -0.4 is 5.32 Å². The number of carbonyl (C=O) groups excluding carboxylic acids is 2. The van der Waals surface area contributed by atoms with E-state index >= 15 is 0 Å². The Hall–Kier alpha value is -1.66. The molecule has 0 aromatic carbocycles. The Morgan fingerprint density at radius 2 is 2.17 bits per heavy atom. The minimum absolute atomic E-state index is 0.0627. The molecule has 0 fully saturated rings. The summed E-state index contributed by atoms with van der Waals surface area (Å²) in [7, 11) is 5.34. The first-order chi connectivity index (χ1) is 8.41. The summed E-state index contributed by atoms with van der Waals surface area (Å²) in [6, 6.07) is 3.28. The first-order valence-electron chi connectivity index (χ1n) is 5.68. The summed E-state index contributed by atoms with van der Waals surface area (Å²) in [5.74, 6) is -1.30. The van der Waals surface area contributed by atoms with E-state index in [0.717, 1.165) is 0 Å². The number of aromatic nitrogens is 1. The molecular formula is C12H19N3O3. The van der Waals surface area contributed by atoms with E-state index in [2.05, 4.69) is 5.32 Å². The third-order valence-electron chi connectivity index (χ3n) is 2.46. The van der Waals surface area contributed by atoms with Crippen LogP contribution in [0.3, 0.4) is 0 Å². The average molecular weight is 253 g/mol. The summed E-state index contributed by atoms with van der Waals surface area (Å²) in [5.41, 5.74) is 0.328. The van der Waals surface area contributed by atoms with Crippen molar-refractivity contribution >= 4 is 11.7 Å². The number of nitrogens with zero attached hydrogens (tertiary/aromatic N) is 2. The van der Waals surface area contributed by atoms with Crippen LogP contribution >= 0.6 is 0 Å². The van der Waals surface area contributed by atoms with Crippen LogP contribution in [0.5, 0.6) is 0 Å². The minimum Gasteiger partial charge on any atom is -0.390 e. The van der Waals surface area contributed by atoms with E-state index < -0.39 is 17.8 Å². The van der Waals surface area contributed by atoms with Gasteiger partial charge in [-0.25, -0.2) is 0 Å². The number of hydrogen-bond acceptors (Lipinski definition) is 4. The molecule has 1 atom stereocenters. The number of rotatable bonds is 6. The normalized spacial score (nSPS) is 12.5. The number of aliphatic hydroxyl groups excluding tert-OH is 1. The Balaban J connectivity index is 2.47. The Kier molecular flexibility index (Phi) is 5.06. The Bertz CT molecular complexity index is 426. The molecular weight excluding hydrogens is 234 g/mol. The van der Waals surface area contributed by atoms with Crippen LogP contribution in [-0.2, 0) is 11.8 Å². The number of Topliss-reactive ketones (excluding diaryl/α,β-unsaturated/α-hetero) is 1. The van der Waals surface area contributed by atoms with Crippen LogP contribution in [-0.4, -0.2) is 59.6 Å². The average Bonchev–Trinajstić information content (AvgIpc) is 2.70. The molecule has 2 N–H and O–H groups in total. The van der Waals surface area contributed by atoms with E-state index in [9.17, 15) is 14.7 Å². The highest BCUT2D eigenvalue weighted by molar-refractivity contribution is 6.42. The number of amides is 1. The van der Waals surface area contributed by atoms with Crippen molar-refractivity contribution in [1.82, 2.24) is 14.8 Å². The van der Waals surface area contributed by atoms with Gasteiger partial charge >= 0.3 is 0 Å². The van der Waals surface area contributed by atoms with Gasteiger partial charge in [0.15, 0.2) is 0 Å². The van der Waals surface area contributed by atoms with Crippen LogP contribution in [0.1, 0.15) is 10.5 Å². The van der Waals surface area contributed by atoms with Gasteiger partial charge in [0.05, 0.1) is 11.8 Å². The lowest BCUT2D eigenvalue weighted by molar-refractivity contribution is -0.117. The van der Waals surface area contributed by atoms with Crippen molar-refractivity contribution in [1.29, 1.82) is 0 Å². The van der Waals surface area contributed by atoms with E-state index in [1.54, 1.807) is 34.8 Å². The second-order valence-electron chi connectivity index (χ2n) is 4.46. The molecule has 18 heavy (non-hydrogen) atoms. The summed E-state index contributed by atoms with van der Waals surface area (Å²) in [6.45, 7) is 0.492. The molecule has 0 saturated carbocycles. The van der Waals surface area contributed by atoms with Crippen molar-refractivity contribution < 1.29 is 14.7 Å². The molecule has 1 aromatic rings. The number of nitrogens with one attached hydrogen (secondary N) is 1. The van der Waals surface area contributed by atoms with Crippen LogP contribution in [0.15, 0.2) is 18.3 Å². The smallest absolute Gasteiger partial charge is 0.294 e. The second kappa shape index (κ2) is 6.32. The molecule has 1 rings (SSSR count). The van der Waals surface area contributed by atoms with Gasteiger partial charge in [0.1, 0.15) is 0 Å². The van der Waals surface area contributed by atoms with Gasteiger partial charge in [-0.2, -0.15) is 0 Å². The monoisotopic (exact) mass is 253 g/mol. The fourth-order valence-corrected chi connectivity index (χ4v) is 1.59. The number of ketones is 1. The molecule has 0 saturated heterocycles. The molecule has 6 heteroatoms. The number of carbonyl (C=O) groups is 2. The van der Waals surface area contributed by atoms with Crippen LogP contribution in [0.4, 0.5) is 0 Å². The van der Waals surface area contributed by atoms with Crippen molar-refractivity contribution in [2.45, 2.75) is 6.10 Å². The van der Waals surface area contributed by atoms with Crippen LogP contribution in [0.2, 0.25) is 0 Å². The van der Waals surface area contributed by atoms with Gasteiger partial charge in [0.25, 0.3) is 11.7 Å². The molecule has 0 bridgehead atoms. The summed E-state index contributed by atoms with van der Waals surface area (Å²) in [5, 5.41) is 12.0. The lowest BCUT2D eigenvalue weighted by Gasteiger charge is -2.16. The summed E-state index contributed by atoms with van der Waals surface area (Å²) in [6.07, 6.45) is 1.01. The van der Waals surface area contributed by atoms with Crippen molar-refractivity contribution in [3.05, 3.63) is 24.0 Å². The fraction of sp³-hybridized carbons (Fsp3) is 0.500. The molecule has 0 unspecified atom stereocenters. The molecule has 1 heterocycles. The van der Waals surface area contributed by atoms with E-state index in [0.29, 0.717) is 12.2 Å². The lowest BCUT2D eigenvalue weighted by Crippen LogP contribution is -2.40. The number of hydrogen-bond donors (Lipinski definition) is 2. The Morgan fingerprint density at radius 1 is 1.50 bits per heavy atom. The first-order valence-corrected chi connectivity index (χ1v) is 5.68. The van der Waals surface area contributed by atoms with Crippen LogP contribution in [0, 0.1) is 0 Å². The molecule has 0 spiro atoms. The lowest BCUT2D eigenvalue weighted by atomic mass is 10.2. The number of aliphatic hydroxyl groups is 1. The first kappa shape index (κ1) is 14.4. The van der Waals surface area contributed by atoms with Gasteiger partial charge in [0, 0.05) is 26.3 Å². The maximum Gasteiger partial charge on any atom is 0.294 e. The van der Waals surface area contributed by atoms with E-state index in [-0.39, 0.29) is 6.54 Å². The highest BCUT2D eigenvalue weighted by atomic mass is 16.3. The highest BCUT2D eigenvalue weighted by Gasteiger charge is 2.19. The summed E-state index contributed by atoms with van der Waals surface area (Å²) in [4.78, 5) is 25.1. The maximum absolute atomic E-state index is 11.7.